The van der Waals surface area contributed by atoms with Crippen LogP contribution >= 0.6 is 0 Å². The van der Waals surface area contributed by atoms with E-state index >= 15 is 0 Å². The highest BCUT2D eigenvalue weighted by molar-refractivity contribution is 4.51. The fourth-order valence-corrected chi connectivity index (χ4v) is 0.341. The van der Waals surface area contributed by atoms with E-state index in [-0.39, 0.29) is 6.10 Å². The minimum atomic E-state index is -0.524. The van der Waals surface area contributed by atoms with Gasteiger partial charge in [0.05, 0.1) is 6.10 Å². The summed E-state index contributed by atoms with van der Waals surface area (Å²) >= 11 is 0. The number of aliphatic hydroxyl groups is 2. The molecule has 3 N–H and O–H groups in total. The smallest absolute Gasteiger partial charge is 0.102 e. The first kappa shape index (κ1) is 7.88. The second-order valence-corrected chi connectivity index (χ2v) is 1.93. The van der Waals surface area contributed by atoms with Crippen molar-refractivity contribution in [2.24, 2.45) is 0 Å². The molecule has 0 saturated heterocycles. The van der Waals surface area contributed by atoms with E-state index in [9.17, 15) is 0 Å². The second-order valence-electron chi connectivity index (χ2n) is 1.93. The molecule has 0 bridgehead atoms. The first-order valence-electron chi connectivity index (χ1n) is 2.72. The van der Waals surface area contributed by atoms with Gasteiger partial charge in [0.25, 0.3) is 0 Å². The molecular weight excluding hydrogens is 106 g/mol. The molecule has 0 aromatic carbocycles. The van der Waals surface area contributed by atoms with Gasteiger partial charge in [-0.15, -0.1) is 0 Å². The summed E-state index contributed by atoms with van der Waals surface area (Å²) in [6, 6.07) is 0. The molecule has 0 fully saturated rings. The highest BCUT2D eigenvalue weighted by Crippen LogP contribution is 1.76. The first-order chi connectivity index (χ1) is 3.63. The minimum absolute atomic E-state index is 0.385. The fraction of sp³-hybridized carbons (Fsp3) is 1.00. The van der Waals surface area contributed by atoms with Crippen molar-refractivity contribution in [3.63, 3.8) is 0 Å². The summed E-state index contributed by atoms with van der Waals surface area (Å²) in [5, 5.41) is 19.9. The van der Waals surface area contributed by atoms with Crippen molar-refractivity contribution in [3.05, 3.63) is 0 Å². The molecule has 0 aromatic rings. The van der Waals surface area contributed by atoms with Crippen LogP contribution in [0.3, 0.4) is 0 Å². The van der Waals surface area contributed by atoms with Crippen LogP contribution in [0.25, 0.3) is 0 Å². The molecule has 0 radical (unpaired) electrons. The molecule has 0 spiro atoms. The van der Waals surface area contributed by atoms with Crippen LogP contribution in [0.4, 0.5) is 0 Å². The fourth-order valence-electron chi connectivity index (χ4n) is 0.341. The van der Waals surface area contributed by atoms with Gasteiger partial charge < -0.3 is 10.2 Å². The molecule has 0 aliphatic carbocycles. The lowest BCUT2D eigenvalue weighted by Crippen LogP contribution is -2.31. The molecular formula is C5H13NO2. The molecule has 2 unspecified atom stereocenters. The number of nitrogens with one attached hydrogen (secondary N) is 1. The molecule has 2 atom stereocenters. The third-order valence-corrected chi connectivity index (χ3v) is 0.709. The molecule has 0 aliphatic heterocycles. The first-order valence-corrected chi connectivity index (χ1v) is 2.72. The van der Waals surface area contributed by atoms with Crippen LogP contribution in [0.5, 0.6) is 0 Å². The molecule has 3 nitrogen and oxygen atoms in total. The van der Waals surface area contributed by atoms with Gasteiger partial charge in [-0.05, 0) is 13.8 Å². The Morgan fingerprint density at radius 2 is 1.88 bits per heavy atom. The molecule has 0 heterocycles. The van der Waals surface area contributed by atoms with Crippen LogP contribution in [0, 0.1) is 0 Å². The van der Waals surface area contributed by atoms with Crippen LogP contribution in [0.15, 0.2) is 0 Å². The van der Waals surface area contributed by atoms with Crippen molar-refractivity contribution in [3.8, 4) is 0 Å². The van der Waals surface area contributed by atoms with Crippen molar-refractivity contribution in [2.45, 2.75) is 26.2 Å². The van der Waals surface area contributed by atoms with Crippen molar-refractivity contribution in [1.29, 1.82) is 0 Å². The predicted molar refractivity (Wildman–Crippen MR) is 31.4 cm³/mol. The van der Waals surface area contributed by atoms with Crippen LogP contribution in [-0.2, 0) is 0 Å². The van der Waals surface area contributed by atoms with E-state index in [0.29, 0.717) is 6.54 Å². The summed E-state index contributed by atoms with van der Waals surface area (Å²) in [5.74, 6) is 0. The van der Waals surface area contributed by atoms with Gasteiger partial charge in [0.15, 0.2) is 0 Å². The van der Waals surface area contributed by atoms with Gasteiger partial charge in [0.1, 0.15) is 6.23 Å². The van der Waals surface area contributed by atoms with Gasteiger partial charge in [0, 0.05) is 6.54 Å². The summed E-state index contributed by atoms with van der Waals surface area (Å²) in [5.41, 5.74) is 0. The number of hydrogen-bond donors (Lipinski definition) is 3. The average molecular weight is 119 g/mol. The van der Waals surface area contributed by atoms with Gasteiger partial charge in [-0.2, -0.15) is 0 Å². The topological polar surface area (TPSA) is 52.5 Å². The highest BCUT2D eigenvalue weighted by Gasteiger charge is 1.95. The van der Waals surface area contributed by atoms with Gasteiger partial charge in [-0.1, -0.05) is 0 Å². The predicted octanol–water partition coefficient (Wildman–Crippen LogP) is -0.705. The summed E-state index contributed by atoms with van der Waals surface area (Å²) in [4.78, 5) is 0. The molecule has 0 aromatic heterocycles. The zero-order valence-electron chi connectivity index (χ0n) is 5.26. The van der Waals surface area contributed by atoms with E-state index in [2.05, 4.69) is 5.32 Å². The second kappa shape index (κ2) is 3.83. The van der Waals surface area contributed by atoms with Crippen molar-refractivity contribution in [2.75, 3.05) is 6.54 Å². The Morgan fingerprint density at radius 3 is 2.00 bits per heavy atom. The maximum absolute atomic E-state index is 8.63. The normalized spacial score (nSPS) is 18.0. The van der Waals surface area contributed by atoms with E-state index in [0.717, 1.165) is 0 Å². The zero-order chi connectivity index (χ0) is 6.57. The van der Waals surface area contributed by atoms with Gasteiger partial charge >= 0.3 is 0 Å². The number of rotatable bonds is 3. The summed E-state index contributed by atoms with van der Waals surface area (Å²) < 4.78 is 0. The molecule has 50 valence electrons. The molecule has 0 rings (SSSR count). The standard InChI is InChI=1S/C5H13NO2/c1-4(7)3-6-5(2)8/h4-8H,3H2,1-2H3. The van der Waals surface area contributed by atoms with Crippen LogP contribution in [0.1, 0.15) is 13.8 Å². The zero-order valence-corrected chi connectivity index (χ0v) is 5.26. The minimum Gasteiger partial charge on any atom is -0.392 e. The largest absolute Gasteiger partial charge is 0.392 e. The maximum atomic E-state index is 8.63. The Labute approximate surface area is 49.3 Å². The lowest BCUT2D eigenvalue weighted by Gasteiger charge is -2.07. The van der Waals surface area contributed by atoms with Crippen molar-refractivity contribution >= 4 is 0 Å². The van der Waals surface area contributed by atoms with Crippen molar-refractivity contribution in [1.82, 2.24) is 5.32 Å². The van der Waals surface area contributed by atoms with Crippen LogP contribution in [-0.4, -0.2) is 29.1 Å². The Bertz CT molecular complexity index is 46.4. The number of hydrogen-bond acceptors (Lipinski definition) is 3. The Morgan fingerprint density at radius 1 is 1.38 bits per heavy atom. The maximum Gasteiger partial charge on any atom is 0.102 e. The van der Waals surface area contributed by atoms with E-state index < -0.39 is 6.23 Å². The van der Waals surface area contributed by atoms with Crippen molar-refractivity contribution < 1.29 is 10.2 Å². The Hall–Kier alpha value is -0.120. The summed E-state index contributed by atoms with van der Waals surface area (Å²) in [7, 11) is 0. The number of aliphatic hydroxyl groups excluding tert-OH is 2. The molecule has 0 amide bonds. The Balaban J connectivity index is 2.93. The third-order valence-electron chi connectivity index (χ3n) is 0.709. The van der Waals surface area contributed by atoms with E-state index in [1.54, 1.807) is 13.8 Å². The van der Waals surface area contributed by atoms with Gasteiger partial charge in [-0.3, -0.25) is 5.32 Å². The molecule has 8 heavy (non-hydrogen) atoms. The van der Waals surface area contributed by atoms with E-state index in [1.165, 1.54) is 0 Å². The van der Waals surface area contributed by atoms with Crippen LogP contribution in [0.2, 0.25) is 0 Å². The lowest BCUT2D eigenvalue weighted by atomic mass is 10.4. The third kappa shape index (κ3) is 5.88. The van der Waals surface area contributed by atoms with E-state index in [4.69, 9.17) is 10.2 Å². The molecule has 3 heteroatoms. The van der Waals surface area contributed by atoms with Gasteiger partial charge in [-0.25, -0.2) is 0 Å². The monoisotopic (exact) mass is 119 g/mol. The molecule has 0 saturated carbocycles. The Kier molecular flexibility index (Phi) is 3.77. The highest BCUT2D eigenvalue weighted by atomic mass is 16.3. The van der Waals surface area contributed by atoms with Crippen LogP contribution < -0.4 is 5.32 Å². The quantitative estimate of drug-likeness (QED) is 0.430. The van der Waals surface area contributed by atoms with Gasteiger partial charge in [0.2, 0.25) is 0 Å². The summed E-state index contributed by atoms with van der Waals surface area (Å²) in [6.07, 6.45) is -0.908. The average Bonchev–Trinajstić information content (AvgIpc) is 1.61. The lowest BCUT2D eigenvalue weighted by molar-refractivity contribution is 0.121. The molecule has 0 aliphatic rings. The SMILES string of the molecule is CC(O)CNC(C)O. The van der Waals surface area contributed by atoms with E-state index in [1.807, 2.05) is 0 Å². The summed E-state index contributed by atoms with van der Waals surface area (Å²) in [6.45, 7) is 3.72.